The Labute approximate surface area is 111 Å². The van der Waals surface area contributed by atoms with E-state index >= 15 is 0 Å². The van der Waals surface area contributed by atoms with Crippen molar-refractivity contribution in [1.29, 1.82) is 0 Å². The zero-order valence-electron chi connectivity index (χ0n) is 10.2. The minimum absolute atomic E-state index is 0.0128. The molecular weight excluding hydrogens is 254 g/mol. The third kappa shape index (κ3) is 2.23. The number of nitrogens with two attached hydrogens (primary N) is 1. The van der Waals surface area contributed by atoms with E-state index in [1.165, 1.54) is 0 Å². The molecule has 0 atom stereocenters. The molecule has 0 saturated carbocycles. The van der Waals surface area contributed by atoms with Gasteiger partial charge in [0.2, 0.25) is 0 Å². The zero-order chi connectivity index (χ0) is 13.2. The lowest BCUT2D eigenvalue weighted by atomic mass is 9.78. The molecule has 98 valence electrons. The quantitative estimate of drug-likeness (QED) is 0.830. The van der Waals surface area contributed by atoms with Crippen LogP contribution >= 0.6 is 11.6 Å². The summed E-state index contributed by atoms with van der Waals surface area (Å²) in [4.78, 5) is 12.3. The molecule has 0 spiro atoms. The number of rotatable bonds is 5. The molecule has 1 saturated heterocycles. The molecule has 4 nitrogen and oxygen atoms in total. The molecule has 2 rings (SSSR count). The Bertz CT molecular complexity index is 452. The van der Waals surface area contributed by atoms with Gasteiger partial charge in [-0.25, -0.2) is 0 Å². The van der Waals surface area contributed by atoms with Crippen LogP contribution in [0.4, 0.5) is 0 Å². The Balaban J connectivity index is 2.23. The minimum Gasteiger partial charge on any atom is -0.492 e. The first kappa shape index (κ1) is 13.3. The van der Waals surface area contributed by atoms with Crippen molar-refractivity contribution >= 4 is 17.4 Å². The third-order valence-corrected chi connectivity index (χ3v) is 3.42. The number of ether oxygens (including phenoxy) is 2. The maximum atomic E-state index is 12.3. The largest absolute Gasteiger partial charge is 0.492 e. The second-order valence-corrected chi connectivity index (χ2v) is 4.79. The van der Waals surface area contributed by atoms with E-state index in [0.717, 1.165) is 0 Å². The molecule has 0 amide bonds. The van der Waals surface area contributed by atoms with Gasteiger partial charge in [-0.2, -0.15) is 0 Å². The van der Waals surface area contributed by atoms with Crippen molar-refractivity contribution in [2.45, 2.75) is 6.92 Å². The summed E-state index contributed by atoms with van der Waals surface area (Å²) in [5.74, 6) is 0.573. The normalized spacial score (nSPS) is 17.1. The first-order valence-electron chi connectivity index (χ1n) is 5.88. The van der Waals surface area contributed by atoms with Gasteiger partial charge < -0.3 is 15.2 Å². The van der Waals surface area contributed by atoms with E-state index in [1.54, 1.807) is 18.2 Å². The van der Waals surface area contributed by atoms with E-state index in [9.17, 15) is 4.79 Å². The molecular formula is C13H16ClNO3. The number of carbonyl (C=O) groups excluding carboxylic acids is 1. The van der Waals surface area contributed by atoms with Crippen LogP contribution in [0.2, 0.25) is 5.02 Å². The Morgan fingerprint density at radius 2 is 2.28 bits per heavy atom. The highest BCUT2D eigenvalue weighted by Crippen LogP contribution is 2.33. The number of halogens is 1. The fourth-order valence-corrected chi connectivity index (χ4v) is 2.15. The average molecular weight is 270 g/mol. The summed E-state index contributed by atoms with van der Waals surface area (Å²) >= 11 is 6.07. The van der Waals surface area contributed by atoms with Gasteiger partial charge >= 0.3 is 0 Å². The fourth-order valence-electron chi connectivity index (χ4n) is 1.91. The first-order chi connectivity index (χ1) is 8.63. The maximum absolute atomic E-state index is 12.3. The molecule has 5 heteroatoms. The Kier molecular flexibility index (Phi) is 3.90. The third-order valence-electron chi connectivity index (χ3n) is 3.12. The van der Waals surface area contributed by atoms with Crippen LogP contribution in [0.15, 0.2) is 18.2 Å². The standard InChI is InChI=1S/C13H16ClNO3/c1-2-18-11-4-3-9(5-10(11)14)12(16)13(6-15)7-17-8-13/h3-5H,2,6-8,15H2,1H3. The van der Waals surface area contributed by atoms with Gasteiger partial charge in [-0.05, 0) is 25.1 Å². The highest BCUT2D eigenvalue weighted by atomic mass is 35.5. The van der Waals surface area contributed by atoms with Gasteiger partial charge in [0, 0.05) is 12.1 Å². The number of carbonyl (C=O) groups is 1. The Morgan fingerprint density at radius 1 is 1.56 bits per heavy atom. The van der Waals surface area contributed by atoms with E-state index in [-0.39, 0.29) is 12.3 Å². The molecule has 0 bridgehead atoms. The van der Waals surface area contributed by atoms with Crippen LogP contribution in [0, 0.1) is 5.41 Å². The molecule has 1 fully saturated rings. The lowest BCUT2D eigenvalue weighted by molar-refractivity contribution is -0.0816. The zero-order valence-corrected chi connectivity index (χ0v) is 11.0. The predicted molar refractivity (Wildman–Crippen MR) is 69.3 cm³/mol. The van der Waals surface area contributed by atoms with Gasteiger partial charge in [-0.15, -0.1) is 0 Å². The van der Waals surface area contributed by atoms with Gasteiger partial charge in [-0.1, -0.05) is 11.6 Å². The van der Waals surface area contributed by atoms with E-state index in [4.69, 9.17) is 26.8 Å². The molecule has 1 heterocycles. The van der Waals surface area contributed by atoms with Crippen molar-refractivity contribution in [3.05, 3.63) is 28.8 Å². The number of benzene rings is 1. The molecule has 0 aliphatic carbocycles. The molecule has 1 aliphatic heterocycles. The molecule has 0 radical (unpaired) electrons. The van der Waals surface area contributed by atoms with Crippen molar-refractivity contribution in [2.75, 3.05) is 26.4 Å². The van der Waals surface area contributed by atoms with Gasteiger partial charge in [-0.3, -0.25) is 4.79 Å². The van der Waals surface area contributed by atoms with Gasteiger partial charge in [0.25, 0.3) is 0 Å². The number of ketones is 1. The highest BCUT2D eigenvalue weighted by Gasteiger charge is 2.44. The van der Waals surface area contributed by atoms with Crippen molar-refractivity contribution in [2.24, 2.45) is 11.1 Å². The van der Waals surface area contributed by atoms with Crippen molar-refractivity contribution in [3.8, 4) is 5.75 Å². The van der Waals surface area contributed by atoms with Crippen LogP contribution in [0.3, 0.4) is 0 Å². The molecule has 2 N–H and O–H groups in total. The minimum atomic E-state index is -0.573. The van der Waals surface area contributed by atoms with E-state index in [1.807, 2.05) is 6.92 Å². The van der Waals surface area contributed by atoms with Crippen molar-refractivity contribution in [1.82, 2.24) is 0 Å². The number of Topliss-reactive ketones (excluding diaryl/α,β-unsaturated/α-hetero) is 1. The lowest BCUT2D eigenvalue weighted by Crippen LogP contribution is -2.54. The second-order valence-electron chi connectivity index (χ2n) is 4.38. The van der Waals surface area contributed by atoms with E-state index < -0.39 is 5.41 Å². The average Bonchev–Trinajstić information content (AvgIpc) is 2.31. The monoisotopic (exact) mass is 269 g/mol. The Hall–Kier alpha value is -1.10. The van der Waals surface area contributed by atoms with Crippen LogP contribution < -0.4 is 10.5 Å². The molecule has 1 aromatic carbocycles. The molecule has 1 aromatic rings. The van der Waals surface area contributed by atoms with Crippen LogP contribution in [-0.4, -0.2) is 32.1 Å². The van der Waals surface area contributed by atoms with Crippen LogP contribution in [0.1, 0.15) is 17.3 Å². The van der Waals surface area contributed by atoms with Crippen LogP contribution in [-0.2, 0) is 4.74 Å². The molecule has 18 heavy (non-hydrogen) atoms. The summed E-state index contributed by atoms with van der Waals surface area (Å²) in [6.45, 7) is 3.47. The summed E-state index contributed by atoms with van der Waals surface area (Å²) in [5.41, 5.74) is 5.64. The van der Waals surface area contributed by atoms with Crippen molar-refractivity contribution < 1.29 is 14.3 Å². The smallest absolute Gasteiger partial charge is 0.174 e. The number of hydrogen-bond donors (Lipinski definition) is 1. The Morgan fingerprint density at radius 3 is 2.72 bits per heavy atom. The van der Waals surface area contributed by atoms with Crippen molar-refractivity contribution in [3.63, 3.8) is 0 Å². The number of hydrogen-bond acceptors (Lipinski definition) is 4. The molecule has 0 aromatic heterocycles. The predicted octanol–water partition coefficient (Wildman–Crippen LogP) is 1.90. The summed E-state index contributed by atoms with van der Waals surface area (Å²) in [5, 5.41) is 0.440. The fraction of sp³-hybridized carbons (Fsp3) is 0.462. The topological polar surface area (TPSA) is 61.5 Å². The van der Waals surface area contributed by atoms with Crippen LogP contribution in [0.5, 0.6) is 5.75 Å². The lowest BCUT2D eigenvalue weighted by Gasteiger charge is -2.38. The van der Waals surface area contributed by atoms with Gasteiger partial charge in [0.1, 0.15) is 5.75 Å². The SMILES string of the molecule is CCOc1ccc(C(=O)C2(CN)COC2)cc1Cl. The van der Waals surface area contributed by atoms with Gasteiger partial charge in [0.05, 0.1) is 30.3 Å². The van der Waals surface area contributed by atoms with Gasteiger partial charge in [0.15, 0.2) is 5.78 Å². The summed E-state index contributed by atoms with van der Waals surface area (Å²) < 4.78 is 10.4. The molecule has 0 unspecified atom stereocenters. The van der Waals surface area contributed by atoms with E-state index in [2.05, 4.69) is 0 Å². The summed E-state index contributed by atoms with van der Waals surface area (Å²) in [6.07, 6.45) is 0. The summed E-state index contributed by atoms with van der Waals surface area (Å²) in [6, 6.07) is 5.06. The van der Waals surface area contributed by atoms with E-state index in [0.29, 0.717) is 36.2 Å². The second kappa shape index (κ2) is 5.26. The maximum Gasteiger partial charge on any atom is 0.174 e. The molecule has 1 aliphatic rings. The first-order valence-corrected chi connectivity index (χ1v) is 6.26. The highest BCUT2D eigenvalue weighted by molar-refractivity contribution is 6.32. The summed E-state index contributed by atoms with van der Waals surface area (Å²) in [7, 11) is 0. The van der Waals surface area contributed by atoms with Crippen LogP contribution in [0.25, 0.3) is 0 Å².